The molecule has 0 spiro atoms. The van der Waals surface area contributed by atoms with E-state index in [4.69, 9.17) is 0 Å². The minimum atomic E-state index is -0.0697. The molecule has 1 aromatic heterocycles. The Labute approximate surface area is 122 Å². The maximum Gasteiger partial charge on any atom is 0.283 e. The van der Waals surface area contributed by atoms with Crippen LogP contribution in [0.15, 0.2) is 15.5 Å². The van der Waals surface area contributed by atoms with Crippen LogP contribution in [-0.4, -0.2) is 29.9 Å². The van der Waals surface area contributed by atoms with Gasteiger partial charge in [0.1, 0.15) is 4.47 Å². The molecule has 0 aliphatic heterocycles. The van der Waals surface area contributed by atoms with Crippen LogP contribution in [-0.2, 0) is 6.54 Å². The molecule has 0 aliphatic rings. The standard InChI is InChI=1S/C13H23BrN4O/c1-4-5-6-18-13(19)12(14)11(9-17-18)16-8-10(2)7-15-3/h9-10,15-16H,4-8H2,1-3H3. The van der Waals surface area contributed by atoms with Crippen LogP contribution in [0.1, 0.15) is 26.7 Å². The molecule has 1 rings (SSSR count). The third kappa shape index (κ3) is 4.95. The average Bonchev–Trinajstić information content (AvgIpc) is 2.40. The minimum Gasteiger partial charge on any atom is -0.382 e. The van der Waals surface area contributed by atoms with Crippen LogP contribution in [0, 0.1) is 5.92 Å². The Morgan fingerprint density at radius 2 is 2.21 bits per heavy atom. The van der Waals surface area contributed by atoms with Gasteiger partial charge in [0.05, 0.1) is 11.9 Å². The highest BCUT2D eigenvalue weighted by molar-refractivity contribution is 9.10. The zero-order chi connectivity index (χ0) is 14.3. The highest BCUT2D eigenvalue weighted by Gasteiger charge is 2.09. The highest BCUT2D eigenvalue weighted by atomic mass is 79.9. The van der Waals surface area contributed by atoms with Gasteiger partial charge in [0.2, 0.25) is 0 Å². The Balaban J connectivity index is 2.71. The van der Waals surface area contributed by atoms with Crippen molar-refractivity contribution in [3.8, 4) is 0 Å². The fourth-order valence-electron chi connectivity index (χ4n) is 1.76. The normalized spacial score (nSPS) is 12.4. The van der Waals surface area contributed by atoms with E-state index in [1.165, 1.54) is 4.68 Å². The number of nitrogens with one attached hydrogen (secondary N) is 2. The number of hydrogen-bond donors (Lipinski definition) is 2. The summed E-state index contributed by atoms with van der Waals surface area (Å²) in [6, 6.07) is 0. The summed E-state index contributed by atoms with van der Waals surface area (Å²) in [7, 11) is 1.93. The first-order valence-electron chi connectivity index (χ1n) is 6.74. The van der Waals surface area contributed by atoms with Crippen molar-refractivity contribution in [3.05, 3.63) is 21.0 Å². The van der Waals surface area contributed by atoms with Gasteiger partial charge in [-0.1, -0.05) is 20.3 Å². The largest absolute Gasteiger partial charge is 0.382 e. The number of aromatic nitrogens is 2. The Hall–Kier alpha value is -0.880. The lowest BCUT2D eigenvalue weighted by atomic mass is 10.2. The number of halogens is 1. The highest BCUT2D eigenvalue weighted by Crippen LogP contribution is 2.16. The molecule has 0 amide bonds. The molecule has 19 heavy (non-hydrogen) atoms. The van der Waals surface area contributed by atoms with Gasteiger partial charge in [-0.2, -0.15) is 5.10 Å². The Kier molecular flexibility index (Phi) is 7.09. The molecule has 1 aromatic rings. The van der Waals surface area contributed by atoms with E-state index in [1.54, 1.807) is 6.20 Å². The summed E-state index contributed by atoms with van der Waals surface area (Å²) in [5, 5.41) is 10.6. The summed E-state index contributed by atoms with van der Waals surface area (Å²) in [5.41, 5.74) is 0.695. The van der Waals surface area contributed by atoms with Crippen LogP contribution in [0.3, 0.4) is 0 Å². The first-order chi connectivity index (χ1) is 9.10. The first-order valence-corrected chi connectivity index (χ1v) is 7.53. The topological polar surface area (TPSA) is 59.0 Å². The van der Waals surface area contributed by atoms with Crippen LogP contribution in [0.5, 0.6) is 0 Å². The zero-order valence-corrected chi connectivity index (χ0v) is 13.5. The predicted molar refractivity (Wildman–Crippen MR) is 82.7 cm³/mol. The third-order valence-electron chi connectivity index (χ3n) is 2.90. The third-order valence-corrected chi connectivity index (χ3v) is 3.67. The fourth-order valence-corrected chi connectivity index (χ4v) is 2.21. The first kappa shape index (κ1) is 16.2. The van der Waals surface area contributed by atoms with Gasteiger partial charge in [0.25, 0.3) is 5.56 Å². The van der Waals surface area contributed by atoms with Gasteiger partial charge < -0.3 is 10.6 Å². The van der Waals surface area contributed by atoms with E-state index in [9.17, 15) is 4.79 Å². The van der Waals surface area contributed by atoms with E-state index in [0.29, 0.717) is 16.9 Å². The molecule has 5 nitrogen and oxygen atoms in total. The quantitative estimate of drug-likeness (QED) is 0.766. The van der Waals surface area contributed by atoms with Gasteiger partial charge >= 0.3 is 0 Å². The number of unbranched alkanes of at least 4 members (excludes halogenated alkanes) is 1. The van der Waals surface area contributed by atoms with E-state index in [1.807, 2.05) is 7.05 Å². The lowest BCUT2D eigenvalue weighted by Gasteiger charge is -2.14. The molecule has 0 aromatic carbocycles. The molecule has 0 radical (unpaired) electrons. The number of anilines is 1. The van der Waals surface area contributed by atoms with Gasteiger partial charge in [-0.15, -0.1) is 0 Å². The minimum absolute atomic E-state index is 0.0697. The van der Waals surface area contributed by atoms with Crippen LogP contribution in [0.2, 0.25) is 0 Å². The number of aryl methyl sites for hydroxylation is 1. The maximum atomic E-state index is 12.1. The van der Waals surface area contributed by atoms with Crippen LogP contribution in [0.25, 0.3) is 0 Å². The molecule has 0 aliphatic carbocycles. The van der Waals surface area contributed by atoms with E-state index >= 15 is 0 Å². The van der Waals surface area contributed by atoms with Crippen molar-refractivity contribution in [3.63, 3.8) is 0 Å². The number of rotatable bonds is 8. The van der Waals surface area contributed by atoms with Gasteiger partial charge in [-0.3, -0.25) is 4.79 Å². The maximum absolute atomic E-state index is 12.1. The SMILES string of the molecule is CCCCn1ncc(NCC(C)CNC)c(Br)c1=O. The van der Waals surface area contributed by atoms with Crippen LogP contribution in [0.4, 0.5) is 5.69 Å². The van der Waals surface area contributed by atoms with Gasteiger partial charge in [-0.05, 0) is 41.9 Å². The van der Waals surface area contributed by atoms with Crippen molar-refractivity contribution in [2.45, 2.75) is 33.2 Å². The summed E-state index contributed by atoms with van der Waals surface area (Å²) in [4.78, 5) is 12.1. The molecule has 2 N–H and O–H groups in total. The van der Waals surface area contributed by atoms with Crippen LogP contribution < -0.4 is 16.2 Å². The smallest absolute Gasteiger partial charge is 0.283 e. The van der Waals surface area contributed by atoms with E-state index in [-0.39, 0.29) is 5.56 Å². The van der Waals surface area contributed by atoms with E-state index < -0.39 is 0 Å². The second-order valence-corrected chi connectivity index (χ2v) is 5.59. The lowest BCUT2D eigenvalue weighted by molar-refractivity contribution is 0.539. The Bertz CT molecular complexity index is 447. The molecule has 0 saturated carbocycles. The average molecular weight is 331 g/mol. The summed E-state index contributed by atoms with van der Waals surface area (Å²) in [5.74, 6) is 0.486. The molecule has 6 heteroatoms. The lowest BCUT2D eigenvalue weighted by Crippen LogP contribution is -2.27. The Morgan fingerprint density at radius 1 is 1.47 bits per heavy atom. The van der Waals surface area contributed by atoms with E-state index in [2.05, 4.69) is 45.5 Å². The summed E-state index contributed by atoms with van der Waals surface area (Å²) in [6.45, 7) is 6.65. The molecule has 0 bridgehead atoms. The molecule has 1 unspecified atom stereocenters. The fraction of sp³-hybridized carbons (Fsp3) is 0.692. The molecule has 1 atom stereocenters. The van der Waals surface area contributed by atoms with Crippen molar-refractivity contribution in [2.24, 2.45) is 5.92 Å². The summed E-state index contributed by atoms with van der Waals surface area (Å²) >= 11 is 3.36. The Morgan fingerprint density at radius 3 is 2.84 bits per heavy atom. The zero-order valence-electron chi connectivity index (χ0n) is 11.9. The molecular weight excluding hydrogens is 308 g/mol. The summed E-state index contributed by atoms with van der Waals surface area (Å²) in [6.07, 6.45) is 3.73. The monoisotopic (exact) mass is 330 g/mol. The van der Waals surface area contributed by atoms with Gasteiger partial charge in [0, 0.05) is 13.1 Å². The molecule has 1 heterocycles. The van der Waals surface area contributed by atoms with Crippen molar-refractivity contribution in [2.75, 3.05) is 25.5 Å². The number of hydrogen-bond acceptors (Lipinski definition) is 4. The second kappa shape index (κ2) is 8.32. The summed E-state index contributed by atoms with van der Waals surface area (Å²) < 4.78 is 2.07. The molecule has 0 fully saturated rings. The van der Waals surface area contributed by atoms with Crippen molar-refractivity contribution < 1.29 is 0 Å². The van der Waals surface area contributed by atoms with Crippen molar-refractivity contribution >= 4 is 21.6 Å². The van der Waals surface area contributed by atoms with Crippen LogP contribution >= 0.6 is 15.9 Å². The van der Waals surface area contributed by atoms with Crippen molar-refractivity contribution in [1.29, 1.82) is 0 Å². The van der Waals surface area contributed by atoms with Gasteiger partial charge in [0.15, 0.2) is 0 Å². The molecular formula is C13H23BrN4O. The second-order valence-electron chi connectivity index (χ2n) is 4.80. The molecule has 108 valence electrons. The van der Waals surface area contributed by atoms with E-state index in [0.717, 1.165) is 31.6 Å². The molecule has 0 saturated heterocycles. The van der Waals surface area contributed by atoms with Crippen molar-refractivity contribution in [1.82, 2.24) is 15.1 Å². The predicted octanol–water partition coefficient (Wildman–Crippen LogP) is 2.07. The van der Waals surface area contributed by atoms with Gasteiger partial charge in [-0.25, -0.2) is 4.68 Å². The number of nitrogens with zero attached hydrogens (tertiary/aromatic N) is 2.